The van der Waals surface area contributed by atoms with Crippen LogP contribution in [0.2, 0.25) is 0 Å². The third-order valence-electron chi connectivity index (χ3n) is 5.54. The molecule has 1 saturated carbocycles. The molecule has 4 nitrogen and oxygen atoms in total. The first-order valence-electron chi connectivity index (χ1n) is 7.43. The highest BCUT2D eigenvalue weighted by molar-refractivity contribution is 5.83. The van der Waals surface area contributed by atoms with Crippen LogP contribution in [0.5, 0.6) is 0 Å². The molecule has 1 unspecified atom stereocenters. The Bertz CT molecular complexity index is 365. The fourth-order valence-corrected chi connectivity index (χ4v) is 4.27. The minimum atomic E-state index is 0.290. The monoisotopic (exact) mass is 250 g/mol. The second-order valence-corrected chi connectivity index (χ2v) is 6.59. The fourth-order valence-electron chi connectivity index (χ4n) is 4.27. The van der Waals surface area contributed by atoms with E-state index in [4.69, 9.17) is 4.74 Å². The van der Waals surface area contributed by atoms with Crippen LogP contribution < -0.4 is 10.6 Å². The highest BCUT2D eigenvalue weighted by Crippen LogP contribution is 2.58. The Morgan fingerprint density at radius 2 is 2.11 bits per heavy atom. The summed E-state index contributed by atoms with van der Waals surface area (Å²) in [5.74, 6) is 0.594. The van der Waals surface area contributed by atoms with Crippen LogP contribution in [0.1, 0.15) is 38.5 Å². The molecule has 18 heavy (non-hydrogen) atoms. The summed E-state index contributed by atoms with van der Waals surface area (Å²) in [5, 5.41) is 6.64. The van der Waals surface area contributed by atoms with Crippen molar-refractivity contribution in [3.63, 3.8) is 0 Å². The predicted molar refractivity (Wildman–Crippen MR) is 67.1 cm³/mol. The topological polar surface area (TPSA) is 50.4 Å². The SMILES string of the molecule is O=C(N[C@@H]1C[C@H]2CC[C@@H]1O2)C1CC12CCNCC2. The number of piperidine rings is 1. The fraction of sp³-hybridized carbons (Fsp3) is 0.929. The van der Waals surface area contributed by atoms with Gasteiger partial charge in [0.05, 0.1) is 18.2 Å². The standard InChI is InChI=1S/C14H22N2O2/c17-13(10-8-14(10)3-5-15-6-4-14)16-11-7-9-1-2-12(11)18-9/h9-12,15H,1-8H2,(H,16,17)/t9-,10?,11-,12+/m1/s1. The molecular formula is C14H22N2O2. The van der Waals surface area contributed by atoms with E-state index in [0.29, 0.717) is 35.5 Å². The minimum absolute atomic E-state index is 0.290. The molecule has 0 aromatic heterocycles. The van der Waals surface area contributed by atoms with Crippen LogP contribution in [-0.2, 0) is 9.53 Å². The Morgan fingerprint density at radius 1 is 1.28 bits per heavy atom. The summed E-state index contributed by atoms with van der Waals surface area (Å²) in [6, 6.07) is 0.301. The number of hydrogen-bond acceptors (Lipinski definition) is 3. The van der Waals surface area contributed by atoms with Gasteiger partial charge in [-0.25, -0.2) is 0 Å². The van der Waals surface area contributed by atoms with Gasteiger partial charge >= 0.3 is 0 Å². The van der Waals surface area contributed by atoms with Gasteiger partial charge in [0.1, 0.15) is 0 Å². The highest BCUT2D eigenvalue weighted by atomic mass is 16.5. The van der Waals surface area contributed by atoms with E-state index in [2.05, 4.69) is 10.6 Å². The van der Waals surface area contributed by atoms with Crippen molar-refractivity contribution in [2.45, 2.75) is 56.8 Å². The van der Waals surface area contributed by atoms with Crippen molar-refractivity contribution in [2.75, 3.05) is 13.1 Å². The van der Waals surface area contributed by atoms with E-state index < -0.39 is 0 Å². The molecule has 1 amide bonds. The highest BCUT2D eigenvalue weighted by Gasteiger charge is 2.58. The first-order valence-corrected chi connectivity index (χ1v) is 7.43. The van der Waals surface area contributed by atoms with Gasteiger partial charge in [-0.1, -0.05) is 0 Å². The summed E-state index contributed by atoms with van der Waals surface area (Å²) in [4.78, 5) is 12.3. The van der Waals surface area contributed by atoms with Crippen LogP contribution in [0.3, 0.4) is 0 Å². The number of hydrogen-bond donors (Lipinski definition) is 2. The number of carbonyl (C=O) groups excluding carboxylic acids is 1. The van der Waals surface area contributed by atoms with E-state index in [9.17, 15) is 4.79 Å². The molecular weight excluding hydrogens is 228 g/mol. The second kappa shape index (κ2) is 3.94. The number of fused-ring (bicyclic) bond motifs is 2. The van der Waals surface area contributed by atoms with Crippen molar-refractivity contribution in [1.82, 2.24) is 10.6 Å². The molecule has 4 heteroatoms. The predicted octanol–water partition coefficient (Wildman–Crippen LogP) is 0.812. The smallest absolute Gasteiger partial charge is 0.224 e. The quantitative estimate of drug-likeness (QED) is 0.762. The van der Waals surface area contributed by atoms with Crippen LogP contribution in [0, 0.1) is 11.3 Å². The average molecular weight is 250 g/mol. The molecule has 4 fully saturated rings. The van der Waals surface area contributed by atoms with Crippen molar-refractivity contribution in [2.24, 2.45) is 11.3 Å². The Morgan fingerprint density at radius 3 is 2.78 bits per heavy atom. The molecule has 4 aliphatic rings. The lowest BCUT2D eigenvalue weighted by atomic mass is 9.91. The van der Waals surface area contributed by atoms with Gasteiger partial charge in [-0.15, -0.1) is 0 Å². The van der Waals surface area contributed by atoms with Crippen LogP contribution in [0.4, 0.5) is 0 Å². The summed E-state index contributed by atoms with van der Waals surface area (Å²) in [6.45, 7) is 2.17. The van der Waals surface area contributed by atoms with Crippen molar-refractivity contribution < 1.29 is 9.53 Å². The summed E-state index contributed by atoms with van der Waals surface area (Å²) in [6.07, 6.45) is 7.57. The second-order valence-electron chi connectivity index (χ2n) is 6.59. The lowest BCUT2D eigenvalue weighted by Crippen LogP contribution is -2.43. The minimum Gasteiger partial charge on any atom is -0.373 e. The van der Waals surface area contributed by atoms with E-state index in [-0.39, 0.29) is 0 Å². The average Bonchev–Trinajstić information content (AvgIpc) is 2.76. The molecule has 100 valence electrons. The van der Waals surface area contributed by atoms with Gasteiger partial charge < -0.3 is 15.4 Å². The van der Waals surface area contributed by atoms with Crippen molar-refractivity contribution in [1.29, 1.82) is 0 Å². The van der Waals surface area contributed by atoms with Crippen LogP contribution in [-0.4, -0.2) is 37.2 Å². The van der Waals surface area contributed by atoms with E-state index in [1.165, 1.54) is 19.3 Å². The summed E-state index contributed by atoms with van der Waals surface area (Å²) in [7, 11) is 0. The third-order valence-corrected chi connectivity index (χ3v) is 5.54. The van der Waals surface area contributed by atoms with E-state index in [1.807, 2.05) is 0 Å². The molecule has 4 atom stereocenters. The van der Waals surface area contributed by atoms with Crippen molar-refractivity contribution >= 4 is 5.91 Å². The molecule has 3 heterocycles. The Kier molecular flexibility index (Phi) is 2.46. The van der Waals surface area contributed by atoms with Crippen LogP contribution in [0.25, 0.3) is 0 Å². The molecule has 0 aromatic carbocycles. The zero-order valence-electron chi connectivity index (χ0n) is 10.8. The third kappa shape index (κ3) is 1.69. The molecule has 2 bridgehead atoms. The van der Waals surface area contributed by atoms with E-state index in [0.717, 1.165) is 32.4 Å². The van der Waals surface area contributed by atoms with E-state index in [1.54, 1.807) is 0 Å². The maximum atomic E-state index is 12.3. The molecule has 3 aliphatic heterocycles. The number of nitrogens with one attached hydrogen (secondary N) is 2. The Labute approximate surface area is 108 Å². The van der Waals surface area contributed by atoms with Crippen molar-refractivity contribution in [3.05, 3.63) is 0 Å². The number of carbonyl (C=O) groups is 1. The molecule has 4 rings (SSSR count). The maximum absolute atomic E-state index is 12.3. The summed E-state index contributed by atoms with van der Waals surface area (Å²) < 4.78 is 5.80. The number of amides is 1. The van der Waals surface area contributed by atoms with Gasteiger partial charge in [0.25, 0.3) is 0 Å². The van der Waals surface area contributed by atoms with Gasteiger partial charge in [0.15, 0.2) is 0 Å². The van der Waals surface area contributed by atoms with Crippen LogP contribution in [0.15, 0.2) is 0 Å². The summed E-state index contributed by atoms with van der Waals surface area (Å²) in [5.41, 5.74) is 0.355. The zero-order valence-corrected chi connectivity index (χ0v) is 10.8. The largest absolute Gasteiger partial charge is 0.373 e. The first kappa shape index (κ1) is 11.2. The molecule has 1 aliphatic carbocycles. The molecule has 0 radical (unpaired) electrons. The maximum Gasteiger partial charge on any atom is 0.224 e. The van der Waals surface area contributed by atoms with Gasteiger partial charge in [-0.3, -0.25) is 4.79 Å². The Balaban J connectivity index is 1.35. The normalized spacial score (nSPS) is 44.2. The number of rotatable bonds is 2. The lowest BCUT2D eigenvalue weighted by molar-refractivity contribution is -0.124. The van der Waals surface area contributed by atoms with E-state index >= 15 is 0 Å². The van der Waals surface area contributed by atoms with Gasteiger partial charge in [0, 0.05) is 5.92 Å². The van der Waals surface area contributed by atoms with Crippen molar-refractivity contribution in [3.8, 4) is 0 Å². The van der Waals surface area contributed by atoms with Crippen LogP contribution >= 0.6 is 0 Å². The van der Waals surface area contributed by atoms with Gasteiger partial charge in [0.2, 0.25) is 5.91 Å². The van der Waals surface area contributed by atoms with Gasteiger partial charge in [-0.2, -0.15) is 0 Å². The molecule has 2 N–H and O–H groups in total. The molecule has 3 saturated heterocycles. The summed E-state index contributed by atoms with van der Waals surface area (Å²) >= 11 is 0. The van der Waals surface area contributed by atoms with Gasteiger partial charge in [-0.05, 0) is 57.0 Å². The number of ether oxygens (including phenoxy) is 1. The lowest BCUT2D eigenvalue weighted by Gasteiger charge is -2.25. The Hall–Kier alpha value is -0.610. The zero-order chi connectivity index (χ0) is 12.2. The first-order chi connectivity index (χ1) is 8.77. The molecule has 1 spiro atoms. The molecule has 0 aromatic rings.